The fraction of sp³-hybridized carbons (Fsp3) is 0.632. The maximum Gasteiger partial charge on any atom is 0.355 e. The number of ether oxygens (including phenoxy) is 2. The van der Waals surface area contributed by atoms with Crippen molar-refractivity contribution >= 4 is 17.7 Å². The summed E-state index contributed by atoms with van der Waals surface area (Å²) < 4.78 is 10.4. The van der Waals surface area contributed by atoms with Crippen molar-refractivity contribution in [2.45, 2.75) is 58.5 Å². The maximum absolute atomic E-state index is 12.8. The number of aromatic nitrogens is 1. The van der Waals surface area contributed by atoms with Crippen molar-refractivity contribution in [2.75, 3.05) is 7.11 Å². The zero-order valence-electron chi connectivity index (χ0n) is 15.0. The van der Waals surface area contributed by atoms with Crippen LogP contribution in [0.15, 0.2) is 0 Å². The number of methoxy groups -OCH3 is 1. The number of Topliss-reactive ketones (excluding diaryl/α,β-unsaturated/α-hetero) is 1. The van der Waals surface area contributed by atoms with E-state index < -0.39 is 17.9 Å². The number of hydrogen-bond acceptors (Lipinski definition) is 5. The Morgan fingerprint density at radius 3 is 2.48 bits per heavy atom. The topological polar surface area (TPSA) is 85.5 Å². The fourth-order valence-corrected chi connectivity index (χ4v) is 4.06. The summed E-state index contributed by atoms with van der Waals surface area (Å²) in [7, 11) is 1.29. The first-order chi connectivity index (χ1) is 11.9. The highest BCUT2D eigenvalue weighted by Crippen LogP contribution is 2.34. The Morgan fingerprint density at radius 2 is 1.84 bits per heavy atom. The lowest BCUT2D eigenvalue weighted by Gasteiger charge is -2.25. The minimum atomic E-state index is -0.811. The van der Waals surface area contributed by atoms with Crippen LogP contribution in [0.1, 0.15) is 71.1 Å². The normalized spacial score (nSPS) is 23.9. The van der Waals surface area contributed by atoms with Crippen molar-refractivity contribution in [3.63, 3.8) is 0 Å². The molecule has 1 saturated carbocycles. The molecule has 0 bridgehead atoms. The van der Waals surface area contributed by atoms with Crippen molar-refractivity contribution in [2.24, 2.45) is 11.8 Å². The van der Waals surface area contributed by atoms with Gasteiger partial charge in [-0.3, -0.25) is 9.59 Å². The Balaban J connectivity index is 1.85. The van der Waals surface area contributed by atoms with Crippen molar-refractivity contribution in [1.29, 1.82) is 0 Å². The Hall–Kier alpha value is -2.11. The molecule has 1 aromatic rings. The molecule has 136 valence electrons. The maximum atomic E-state index is 12.8. The predicted molar refractivity (Wildman–Crippen MR) is 90.5 cm³/mol. The van der Waals surface area contributed by atoms with Gasteiger partial charge in [0.1, 0.15) is 17.7 Å². The van der Waals surface area contributed by atoms with Gasteiger partial charge < -0.3 is 14.5 Å². The molecule has 6 heteroatoms. The molecule has 0 amide bonds. The quantitative estimate of drug-likeness (QED) is 0.671. The molecular formula is C19H25NO5. The average molecular weight is 347 g/mol. The van der Waals surface area contributed by atoms with E-state index in [0.717, 1.165) is 25.7 Å². The van der Waals surface area contributed by atoms with E-state index in [2.05, 4.69) is 4.98 Å². The molecule has 0 saturated heterocycles. The number of aromatic amines is 1. The summed E-state index contributed by atoms with van der Waals surface area (Å²) in [4.78, 5) is 40.4. The second kappa shape index (κ2) is 7.02. The molecule has 25 heavy (non-hydrogen) atoms. The van der Waals surface area contributed by atoms with E-state index in [1.54, 1.807) is 6.92 Å². The Morgan fingerprint density at radius 1 is 1.16 bits per heavy atom. The summed E-state index contributed by atoms with van der Waals surface area (Å²) in [5.41, 5.74) is 2.07. The average Bonchev–Trinajstić information content (AvgIpc) is 2.92. The van der Waals surface area contributed by atoms with Crippen molar-refractivity contribution in [3.05, 3.63) is 22.5 Å². The van der Waals surface area contributed by atoms with Gasteiger partial charge >= 0.3 is 11.9 Å². The lowest BCUT2D eigenvalue weighted by atomic mass is 9.77. The number of ketones is 1. The number of nitrogens with one attached hydrogen (secondary N) is 1. The number of carbonyl (C=O) groups excluding carboxylic acids is 3. The van der Waals surface area contributed by atoms with Crippen LogP contribution in [0.3, 0.4) is 0 Å². The number of hydrogen-bond donors (Lipinski definition) is 1. The van der Waals surface area contributed by atoms with Gasteiger partial charge in [0, 0.05) is 11.3 Å². The molecule has 2 atom stereocenters. The van der Waals surface area contributed by atoms with Gasteiger partial charge in [0.25, 0.3) is 0 Å². The minimum Gasteiger partial charge on any atom is -0.468 e. The lowest BCUT2D eigenvalue weighted by molar-refractivity contribution is -0.145. The highest BCUT2D eigenvalue weighted by molar-refractivity contribution is 6.12. The number of fused-ring (bicyclic) bond motifs is 1. The zero-order chi connectivity index (χ0) is 18.1. The van der Waals surface area contributed by atoms with Crippen LogP contribution in [0, 0.1) is 18.8 Å². The first-order valence-corrected chi connectivity index (χ1v) is 8.98. The molecule has 0 unspecified atom stereocenters. The van der Waals surface area contributed by atoms with Crippen molar-refractivity contribution in [3.8, 4) is 0 Å². The molecule has 0 spiro atoms. The summed E-state index contributed by atoms with van der Waals surface area (Å²) in [5, 5.41) is 0. The first-order valence-electron chi connectivity index (χ1n) is 8.98. The van der Waals surface area contributed by atoms with Crippen molar-refractivity contribution < 1.29 is 23.9 Å². The molecule has 1 aromatic heterocycles. The van der Waals surface area contributed by atoms with Crippen LogP contribution in [-0.2, 0) is 20.7 Å². The van der Waals surface area contributed by atoms with Gasteiger partial charge in [0.2, 0.25) is 0 Å². The smallest absolute Gasteiger partial charge is 0.355 e. The molecule has 0 radical (unpaired) electrons. The monoisotopic (exact) mass is 347 g/mol. The predicted octanol–water partition coefficient (Wildman–Crippen LogP) is 2.98. The molecule has 0 aromatic carbocycles. The second-order valence-corrected chi connectivity index (χ2v) is 7.19. The van der Waals surface area contributed by atoms with Crippen LogP contribution in [0.5, 0.6) is 0 Å². The van der Waals surface area contributed by atoms with Crippen molar-refractivity contribution in [1.82, 2.24) is 4.98 Å². The van der Waals surface area contributed by atoms with Gasteiger partial charge in [-0.1, -0.05) is 13.3 Å². The van der Waals surface area contributed by atoms with Crippen LogP contribution in [0.25, 0.3) is 0 Å². The molecule has 1 heterocycles. The molecule has 2 aliphatic carbocycles. The van der Waals surface area contributed by atoms with Gasteiger partial charge in [0.15, 0.2) is 5.78 Å². The molecule has 1 fully saturated rings. The van der Waals surface area contributed by atoms with E-state index in [1.165, 1.54) is 13.5 Å². The van der Waals surface area contributed by atoms with Gasteiger partial charge in [-0.25, -0.2) is 4.79 Å². The van der Waals surface area contributed by atoms with E-state index in [4.69, 9.17) is 9.47 Å². The van der Waals surface area contributed by atoms with Crippen LogP contribution in [0.4, 0.5) is 0 Å². The third kappa shape index (κ3) is 3.22. The third-order valence-electron chi connectivity index (χ3n) is 5.44. The summed E-state index contributed by atoms with van der Waals surface area (Å²) in [6, 6.07) is 0. The van der Waals surface area contributed by atoms with E-state index in [0.29, 0.717) is 28.9 Å². The van der Waals surface area contributed by atoms with Crippen LogP contribution >= 0.6 is 0 Å². The molecule has 2 aliphatic rings. The molecular weight excluding hydrogens is 322 g/mol. The number of rotatable bonds is 3. The van der Waals surface area contributed by atoms with Gasteiger partial charge in [0.05, 0.1) is 7.11 Å². The summed E-state index contributed by atoms with van der Waals surface area (Å²) in [6.07, 6.45) is 5.61. The summed E-state index contributed by atoms with van der Waals surface area (Å²) >= 11 is 0. The lowest BCUT2D eigenvalue weighted by Crippen LogP contribution is -2.36. The van der Waals surface area contributed by atoms with Crippen LogP contribution < -0.4 is 0 Å². The molecule has 3 rings (SSSR count). The fourth-order valence-electron chi connectivity index (χ4n) is 4.06. The number of H-pyrrole nitrogens is 1. The van der Waals surface area contributed by atoms with Gasteiger partial charge in [-0.05, 0) is 50.5 Å². The standard InChI is InChI=1S/C19H25NO5/c1-10-9-13-15(17(21)14(10)18(22)24-3)11(2)16(20-13)19(23)25-12-7-5-4-6-8-12/h10,12,14,20H,4-9H2,1-3H3/t10-,14+/m0/s1. The first kappa shape index (κ1) is 17.7. The Kier molecular flexibility index (Phi) is 4.97. The highest BCUT2D eigenvalue weighted by atomic mass is 16.5. The summed E-state index contributed by atoms with van der Waals surface area (Å²) in [6.45, 7) is 3.58. The van der Waals surface area contributed by atoms with Crippen LogP contribution in [0.2, 0.25) is 0 Å². The number of esters is 2. The van der Waals surface area contributed by atoms with E-state index in [9.17, 15) is 14.4 Å². The van der Waals surface area contributed by atoms with E-state index >= 15 is 0 Å². The summed E-state index contributed by atoms with van der Waals surface area (Å²) in [5.74, 6) is -2.18. The van der Waals surface area contributed by atoms with Crippen LogP contribution in [-0.4, -0.2) is 35.9 Å². The zero-order valence-corrected chi connectivity index (χ0v) is 15.0. The molecule has 1 N–H and O–H groups in total. The Labute approximate surface area is 147 Å². The highest BCUT2D eigenvalue weighted by Gasteiger charge is 2.42. The van der Waals surface area contributed by atoms with Gasteiger partial charge in [-0.15, -0.1) is 0 Å². The number of carbonyl (C=O) groups is 3. The third-order valence-corrected chi connectivity index (χ3v) is 5.44. The minimum absolute atomic E-state index is 0.0431. The molecule has 6 nitrogen and oxygen atoms in total. The largest absolute Gasteiger partial charge is 0.468 e. The van der Waals surface area contributed by atoms with E-state index in [1.807, 2.05) is 6.92 Å². The van der Waals surface area contributed by atoms with E-state index in [-0.39, 0.29) is 17.8 Å². The molecule has 0 aliphatic heterocycles. The second-order valence-electron chi connectivity index (χ2n) is 7.19. The van der Waals surface area contributed by atoms with Gasteiger partial charge in [-0.2, -0.15) is 0 Å². The Bertz CT molecular complexity index is 699. The SMILES string of the molecule is COC(=O)[C@H]1C(=O)c2c([nH]c(C(=O)OC3CCCCC3)c2C)C[C@@H]1C.